The summed E-state index contributed by atoms with van der Waals surface area (Å²) >= 11 is 3.59. The number of rotatable bonds is 4. The Morgan fingerprint density at radius 2 is 1.88 bits per heavy atom. The number of anilines is 2. The summed E-state index contributed by atoms with van der Waals surface area (Å²) in [5.41, 5.74) is 6.35. The molecule has 1 amide bonds. The van der Waals surface area contributed by atoms with Gasteiger partial charge in [0.05, 0.1) is 22.6 Å². The molecule has 0 aliphatic carbocycles. The Labute approximate surface area is 195 Å². The predicted molar refractivity (Wildman–Crippen MR) is 133 cm³/mol. The Morgan fingerprint density at radius 1 is 1.09 bits per heavy atom. The van der Waals surface area contributed by atoms with Gasteiger partial charge in [0.1, 0.15) is 0 Å². The van der Waals surface area contributed by atoms with Crippen LogP contribution in [0.5, 0.6) is 0 Å². The summed E-state index contributed by atoms with van der Waals surface area (Å²) in [5.74, 6) is 0.602. The summed E-state index contributed by atoms with van der Waals surface area (Å²) in [6, 6.07) is 23.8. The average Bonchev–Trinajstić information content (AvgIpc) is 3.16. The van der Waals surface area contributed by atoms with Gasteiger partial charge in [0, 0.05) is 15.9 Å². The lowest BCUT2D eigenvalue weighted by Gasteiger charge is -2.31. The molecule has 32 heavy (non-hydrogen) atoms. The van der Waals surface area contributed by atoms with Gasteiger partial charge in [-0.15, -0.1) is 0 Å². The van der Waals surface area contributed by atoms with Crippen LogP contribution in [0.2, 0.25) is 0 Å². The van der Waals surface area contributed by atoms with Gasteiger partial charge in [-0.1, -0.05) is 59.3 Å². The Morgan fingerprint density at radius 3 is 2.62 bits per heavy atom. The number of carbonyl (C=O) groups excluding carboxylic acids is 1. The molecule has 1 aromatic heterocycles. The summed E-state index contributed by atoms with van der Waals surface area (Å²) < 4.78 is 3.08. The Balaban J connectivity index is 1.63. The van der Waals surface area contributed by atoms with E-state index in [1.54, 1.807) is 0 Å². The molecule has 1 atom stereocenters. The van der Waals surface area contributed by atoms with E-state index < -0.39 is 0 Å². The van der Waals surface area contributed by atoms with Crippen molar-refractivity contribution in [3.8, 4) is 0 Å². The summed E-state index contributed by atoms with van der Waals surface area (Å²) in [6.07, 6.45) is 0.962. The molecule has 2 heterocycles. The maximum absolute atomic E-state index is 13.6. The van der Waals surface area contributed by atoms with Gasteiger partial charge in [0.2, 0.25) is 5.95 Å². The number of imidazole rings is 1. The van der Waals surface area contributed by atoms with Gasteiger partial charge >= 0.3 is 0 Å². The van der Waals surface area contributed by atoms with Crippen molar-refractivity contribution < 1.29 is 4.79 Å². The SMILES string of the molecule is CCc1ccc(NC(=O)C2=C(C)Nc3nc4ccccc4n3[C@H]2c2cccc(Br)c2)cc1. The fourth-order valence-corrected chi connectivity index (χ4v) is 4.69. The van der Waals surface area contributed by atoms with Crippen LogP contribution in [-0.2, 0) is 11.2 Å². The lowest BCUT2D eigenvalue weighted by Crippen LogP contribution is -2.30. The first-order chi connectivity index (χ1) is 15.5. The molecule has 0 spiro atoms. The number of carbonyl (C=O) groups is 1. The first-order valence-electron chi connectivity index (χ1n) is 10.7. The van der Waals surface area contributed by atoms with Gasteiger partial charge in [-0.05, 0) is 60.9 Å². The maximum atomic E-state index is 13.6. The summed E-state index contributed by atoms with van der Waals surface area (Å²) in [4.78, 5) is 18.4. The first-order valence-corrected chi connectivity index (χ1v) is 11.4. The Kier molecular flexibility index (Phi) is 5.31. The molecule has 1 aliphatic heterocycles. The maximum Gasteiger partial charge on any atom is 0.255 e. The van der Waals surface area contributed by atoms with Gasteiger partial charge in [0.25, 0.3) is 5.91 Å². The number of fused-ring (bicyclic) bond motifs is 3. The minimum absolute atomic E-state index is 0.132. The fourth-order valence-electron chi connectivity index (χ4n) is 4.27. The lowest BCUT2D eigenvalue weighted by atomic mass is 9.94. The highest BCUT2D eigenvalue weighted by molar-refractivity contribution is 9.10. The van der Waals surface area contributed by atoms with Crippen LogP contribution < -0.4 is 10.6 Å². The van der Waals surface area contributed by atoms with E-state index in [1.165, 1.54) is 5.56 Å². The quantitative estimate of drug-likeness (QED) is 0.356. The molecule has 3 aromatic carbocycles. The third kappa shape index (κ3) is 3.60. The van der Waals surface area contributed by atoms with Crippen LogP contribution in [0.15, 0.2) is 88.5 Å². The molecule has 6 heteroatoms. The van der Waals surface area contributed by atoms with E-state index in [0.717, 1.165) is 44.8 Å². The van der Waals surface area contributed by atoms with E-state index in [-0.39, 0.29) is 11.9 Å². The number of para-hydroxylation sites is 2. The molecular formula is C26H23BrN4O. The third-order valence-electron chi connectivity index (χ3n) is 5.86. The molecule has 1 aliphatic rings. The number of benzene rings is 3. The van der Waals surface area contributed by atoms with Crippen molar-refractivity contribution in [2.75, 3.05) is 10.6 Å². The van der Waals surface area contributed by atoms with E-state index in [4.69, 9.17) is 4.98 Å². The minimum Gasteiger partial charge on any atom is -0.329 e. The second-order valence-corrected chi connectivity index (χ2v) is 8.84. The number of nitrogens with one attached hydrogen (secondary N) is 2. The highest BCUT2D eigenvalue weighted by atomic mass is 79.9. The summed E-state index contributed by atoms with van der Waals surface area (Å²) in [7, 11) is 0. The number of hydrogen-bond acceptors (Lipinski definition) is 3. The summed E-state index contributed by atoms with van der Waals surface area (Å²) in [6.45, 7) is 4.05. The van der Waals surface area contributed by atoms with Crippen LogP contribution in [0.4, 0.5) is 11.6 Å². The molecule has 5 nitrogen and oxygen atoms in total. The van der Waals surface area contributed by atoms with Gasteiger partial charge in [-0.3, -0.25) is 9.36 Å². The van der Waals surface area contributed by atoms with E-state index in [2.05, 4.69) is 50.2 Å². The number of nitrogens with zero attached hydrogens (tertiary/aromatic N) is 2. The fraction of sp³-hybridized carbons (Fsp3) is 0.154. The van der Waals surface area contributed by atoms with Crippen molar-refractivity contribution in [1.82, 2.24) is 9.55 Å². The van der Waals surface area contributed by atoms with Crippen LogP contribution in [0, 0.1) is 0 Å². The highest BCUT2D eigenvalue weighted by Crippen LogP contribution is 2.40. The molecule has 0 radical (unpaired) electrons. The van der Waals surface area contributed by atoms with E-state index in [0.29, 0.717) is 5.57 Å². The van der Waals surface area contributed by atoms with Crippen molar-refractivity contribution in [2.45, 2.75) is 26.3 Å². The van der Waals surface area contributed by atoms with Crippen LogP contribution in [-0.4, -0.2) is 15.5 Å². The summed E-state index contributed by atoms with van der Waals surface area (Å²) in [5, 5.41) is 6.45. The number of halogens is 1. The number of amides is 1. The normalized spacial score (nSPS) is 15.4. The molecule has 0 bridgehead atoms. The van der Waals surface area contributed by atoms with Gasteiger partial charge in [0.15, 0.2) is 0 Å². The molecule has 4 aromatic rings. The molecule has 5 rings (SSSR count). The molecule has 160 valence electrons. The monoisotopic (exact) mass is 486 g/mol. The Hall–Kier alpha value is -3.38. The topological polar surface area (TPSA) is 59.0 Å². The van der Waals surface area contributed by atoms with E-state index in [1.807, 2.05) is 67.6 Å². The Bertz CT molecular complexity index is 1350. The largest absolute Gasteiger partial charge is 0.329 e. The lowest BCUT2D eigenvalue weighted by molar-refractivity contribution is -0.113. The zero-order valence-electron chi connectivity index (χ0n) is 17.9. The van der Waals surface area contributed by atoms with Crippen LogP contribution in [0.3, 0.4) is 0 Å². The van der Waals surface area contributed by atoms with Crippen LogP contribution >= 0.6 is 15.9 Å². The van der Waals surface area contributed by atoms with Crippen molar-refractivity contribution in [3.63, 3.8) is 0 Å². The highest BCUT2D eigenvalue weighted by Gasteiger charge is 2.34. The average molecular weight is 487 g/mol. The van der Waals surface area contributed by atoms with Crippen molar-refractivity contribution in [2.24, 2.45) is 0 Å². The minimum atomic E-state index is -0.314. The van der Waals surface area contributed by atoms with Crippen LogP contribution in [0.1, 0.15) is 31.0 Å². The van der Waals surface area contributed by atoms with Gasteiger partial charge < -0.3 is 10.6 Å². The number of aryl methyl sites for hydroxylation is 1. The second-order valence-electron chi connectivity index (χ2n) is 7.92. The van der Waals surface area contributed by atoms with E-state index >= 15 is 0 Å². The van der Waals surface area contributed by atoms with Crippen molar-refractivity contribution in [3.05, 3.63) is 99.7 Å². The van der Waals surface area contributed by atoms with Gasteiger partial charge in [-0.2, -0.15) is 0 Å². The third-order valence-corrected chi connectivity index (χ3v) is 6.35. The number of aromatic nitrogens is 2. The first kappa shape index (κ1) is 20.5. The predicted octanol–water partition coefficient (Wildman–Crippen LogP) is 6.29. The zero-order chi connectivity index (χ0) is 22.2. The molecule has 0 unspecified atom stereocenters. The second kappa shape index (κ2) is 8.28. The molecule has 0 saturated carbocycles. The van der Waals surface area contributed by atoms with E-state index in [9.17, 15) is 4.79 Å². The molecule has 2 N–H and O–H groups in total. The van der Waals surface area contributed by atoms with Crippen LogP contribution in [0.25, 0.3) is 11.0 Å². The van der Waals surface area contributed by atoms with Crippen molar-refractivity contribution >= 4 is 44.5 Å². The molecular weight excluding hydrogens is 464 g/mol. The number of allylic oxidation sites excluding steroid dienone is 1. The number of hydrogen-bond donors (Lipinski definition) is 2. The van der Waals surface area contributed by atoms with Gasteiger partial charge in [-0.25, -0.2) is 4.98 Å². The molecule has 0 saturated heterocycles. The molecule has 0 fully saturated rings. The standard InChI is InChI=1S/C26H23BrN4O/c1-3-17-11-13-20(14-12-17)29-25(32)23-16(2)28-26-30-21-9-4-5-10-22(21)31(26)24(23)18-7-6-8-19(27)15-18/h4-15,24H,3H2,1-2H3,(H,28,30)(H,29,32)/t24-/m0/s1. The van der Waals surface area contributed by atoms with Crippen molar-refractivity contribution in [1.29, 1.82) is 0 Å². The smallest absolute Gasteiger partial charge is 0.255 e. The zero-order valence-corrected chi connectivity index (χ0v) is 19.5.